The average Bonchev–Trinajstić information content (AvgIpc) is 3.61. The molecule has 0 radical (unpaired) electrons. The van der Waals surface area contributed by atoms with Crippen LogP contribution in [0.2, 0.25) is 0 Å². The van der Waals surface area contributed by atoms with Gasteiger partial charge in [0.1, 0.15) is 24.2 Å². The number of nitrogens with two attached hydrogens (primary N) is 4. The number of unbranched alkanes of at least 4 members (excludes halogenated alkanes) is 2. The Morgan fingerprint density at radius 1 is 0.803 bits per heavy atom. The first-order chi connectivity index (χ1) is 28.9. The standard InChI is InChI=1S/C43H66BN9O8/c1-6-7-10-25-12-14-26(15-13-25)27-16-18-28(19-17-27)36(55)50-31(23-46)38(57)51-34(24(2)54)39(58)52-35(47)40(59)49-30(11-8-9-20-45)37(56)53-41(48)44-60-33-22-29-21-32(42(29,3)4)43(33,5)61-44/h12-19,24,29-35,41,54H,6-11,20-23,45-48H2,1-5H3,(H,49,59)(H,50,55)(H,51,57)(H,52,58)(H,53,56)/t24-,29+,30+,31+,32+,33?,34+,35-,41-,43+/m1/s1. The van der Waals surface area contributed by atoms with Crippen molar-refractivity contribution in [1.82, 2.24) is 26.6 Å². The number of nitrogens with one attached hydrogen (secondary N) is 5. The summed E-state index contributed by atoms with van der Waals surface area (Å²) in [7, 11) is -0.897. The second-order valence-electron chi connectivity index (χ2n) is 17.6. The molecule has 3 saturated carbocycles. The first-order valence-electron chi connectivity index (χ1n) is 21.6. The third-order valence-corrected chi connectivity index (χ3v) is 12.9. The fourth-order valence-electron chi connectivity index (χ4n) is 8.91. The van der Waals surface area contributed by atoms with Crippen molar-refractivity contribution in [2.24, 2.45) is 40.2 Å². The van der Waals surface area contributed by atoms with Gasteiger partial charge < -0.3 is 63.9 Å². The Morgan fingerprint density at radius 3 is 2.03 bits per heavy atom. The van der Waals surface area contributed by atoms with Crippen molar-refractivity contribution >= 4 is 36.7 Å². The van der Waals surface area contributed by atoms with Crippen LogP contribution in [0.5, 0.6) is 0 Å². The van der Waals surface area contributed by atoms with Crippen molar-refractivity contribution in [3.63, 3.8) is 0 Å². The van der Waals surface area contributed by atoms with E-state index in [1.165, 1.54) is 12.5 Å². The molecule has 4 fully saturated rings. The van der Waals surface area contributed by atoms with Crippen molar-refractivity contribution < 1.29 is 38.4 Å². The number of hydrogen-bond acceptors (Lipinski definition) is 12. The lowest BCUT2D eigenvalue weighted by Crippen LogP contribution is -2.65. The average molecular weight is 848 g/mol. The van der Waals surface area contributed by atoms with E-state index in [1.807, 2.05) is 19.1 Å². The highest BCUT2D eigenvalue weighted by Crippen LogP contribution is 2.65. The molecule has 17 nitrogen and oxygen atoms in total. The first kappa shape index (κ1) is 47.6. The van der Waals surface area contributed by atoms with Gasteiger partial charge in [-0.05, 0) is 111 Å². The molecule has 14 N–H and O–H groups in total. The second kappa shape index (κ2) is 20.6. The molecule has 4 aliphatic rings. The van der Waals surface area contributed by atoms with Crippen LogP contribution in [0.3, 0.4) is 0 Å². The lowest BCUT2D eigenvalue weighted by molar-refractivity contribution is -0.199. The van der Waals surface area contributed by atoms with Crippen LogP contribution in [0.4, 0.5) is 0 Å². The molecule has 1 heterocycles. The summed E-state index contributed by atoms with van der Waals surface area (Å²) >= 11 is 0. The Hall–Kier alpha value is -4.43. The molecule has 0 aromatic heterocycles. The predicted molar refractivity (Wildman–Crippen MR) is 232 cm³/mol. The SMILES string of the molecule is CCCCc1ccc(-c2ccc(C(=O)N[C@@H](CN)C(=O)N[C@H](C(=O)N[C@@H](N)C(=O)N[C@@H](CCCCN)C(=O)N[C@@H](N)B3OC4C[C@@H]5C[C@@H](C5(C)C)[C@]4(C)O3)[C@@H](C)O)cc2)cc1. The minimum absolute atomic E-state index is 0.116. The lowest BCUT2D eigenvalue weighted by Gasteiger charge is -2.64. The Morgan fingerprint density at radius 2 is 1.44 bits per heavy atom. The lowest BCUT2D eigenvalue weighted by atomic mass is 9.43. The molecule has 2 bridgehead atoms. The summed E-state index contributed by atoms with van der Waals surface area (Å²) in [6.07, 6.45) is 3.07. The van der Waals surface area contributed by atoms with Crippen LogP contribution in [0.15, 0.2) is 48.5 Å². The number of aliphatic hydroxyl groups excluding tert-OH is 1. The van der Waals surface area contributed by atoms with Gasteiger partial charge in [-0.25, -0.2) is 0 Å². The number of benzene rings is 2. The molecule has 2 aromatic rings. The van der Waals surface area contributed by atoms with E-state index in [-0.39, 0.29) is 30.0 Å². The van der Waals surface area contributed by atoms with Crippen molar-refractivity contribution in [1.29, 1.82) is 0 Å². The fourth-order valence-corrected chi connectivity index (χ4v) is 8.91. The number of aliphatic hydroxyl groups is 1. The number of hydrogen-bond donors (Lipinski definition) is 10. The highest BCUT2D eigenvalue weighted by atomic mass is 16.7. The summed E-state index contributed by atoms with van der Waals surface area (Å²) < 4.78 is 12.6. The van der Waals surface area contributed by atoms with Gasteiger partial charge in [-0.15, -0.1) is 0 Å². The summed E-state index contributed by atoms with van der Waals surface area (Å²) in [5.41, 5.74) is 27.0. The van der Waals surface area contributed by atoms with Gasteiger partial charge in [-0.3, -0.25) is 24.0 Å². The van der Waals surface area contributed by atoms with Gasteiger partial charge in [-0.1, -0.05) is 63.6 Å². The zero-order valence-electron chi connectivity index (χ0n) is 36.1. The van der Waals surface area contributed by atoms with E-state index in [2.05, 4.69) is 59.5 Å². The third kappa shape index (κ3) is 11.2. The summed E-state index contributed by atoms with van der Waals surface area (Å²) in [5, 5.41) is 23.0. The van der Waals surface area contributed by atoms with E-state index in [9.17, 15) is 29.1 Å². The summed E-state index contributed by atoms with van der Waals surface area (Å²) in [6.45, 7) is 9.96. The third-order valence-electron chi connectivity index (χ3n) is 12.9. The van der Waals surface area contributed by atoms with Gasteiger partial charge in [0, 0.05) is 12.1 Å². The summed E-state index contributed by atoms with van der Waals surface area (Å²) in [6, 6.07) is 10.1. The van der Waals surface area contributed by atoms with Crippen LogP contribution < -0.4 is 49.5 Å². The molecule has 10 atom stereocenters. The van der Waals surface area contributed by atoms with E-state index >= 15 is 0 Å². The molecule has 334 valence electrons. The highest BCUT2D eigenvalue weighted by molar-refractivity contribution is 6.47. The van der Waals surface area contributed by atoms with E-state index in [0.29, 0.717) is 31.2 Å². The molecular weight excluding hydrogens is 781 g/mol. The molecule has 5 amide bonds. The Balaban J connectivity index is 1.13. The largest absolute Gasteiger partial charge is 0.497 e. The Kier molecular flexibility index (Phi) is 16.1. The maximum Gasteiger partial charge on any atom is 0.497 e. The first-order valence-corrected chi connectivity index (χ1v) is 21.6. The number of carbonyl (C=O) groups excluding carboxylic acids is 5. The maximum atomic E-state index is 13.5. The van der Waals surface area contributed by atoms with Gasteiger partial charge in [0.2, 0.25) is 17.7 Å². The van der Waals surface area contributed by atoms with Crippen LogP contribution in [-0.2, 0) is 34.9 Å². The molecule has 6 rings (SSSR count). The molecule has 1 unspecified atom stereocenters. The second-order valence-corrected chi connectivity index (χ2v) is 17.6. The van der Waals surface area contributed by atoms with Crippen LogP contribution in [0.1, 0.15) is 95.5 Å². The van der Waals surface area contributed by atoms with E-state index in [0.717, 1.165) is 43.2 Å². The minimum atomic E-state index is -1.70. The van der Waals surface area contributed by atoms with Crippen molar-refractivity contribution in [3.05, 3.63) is 59.7 Å². The van der Waals surface area contributed by atoms with E-state index < -0.39 is 78.7 Å². The molecular formula is C43H66BN9O8. The molecule has 1 saturated heterocycles. The van der Waals surface area contributed by atoms with Crippen LogP contribution in [-0.4, -0.2) is 103 Å². The maximum absolute atomic E-state index is 13.5. The number of rotatable bonds is 21. The fraction of sp³-hybridized carbons (Fsp3) is 0.605. The Bertz CT molecular complexity index is 1850. The molecule has 0 spiro atoms. The number of amides is 5. The smallest absolute Gasteiger partial charge is 0.403 e. The van der Waals surface area contributed by atoms with Crippen LogP contribution >= 0.6 is 0 Å². The summed E-state index contributed by atoms with van der Waals surface area (Å²) in [4.78, 5) is 66.6. The van der Waals surface area contributed by atoms with Crippen molar-refractivity contribution in [3.8, 4) is 11.1 Å². The zero-order valence-corrected chi connectivity index (χ0v) is 36.1. The van der Waals surface area contributed by atoms with Gasteiger partial charge in [0.25, 0.3) is 11.8 Å². The van der Waals surface area contributed by atoms with E-state index in [1.54, 1.807) is 24.3 Å². The monoisotopic (exact) mass is 848 g/mol. The van der Waals surface area contributed by atoms with Gasteiger partial charge >= 0.3 is 7.12 Å². The van der Waals surface area contributed by atoms with Crippen molar-refractivity contribution in [2.75, 3.05) is 13.1 Å². The topological polar surface area (TPSA) is 288 Å². The Labute approximate surface area is 359 Å². The predicted octanol–water partition coefficient (Wildman–Crippen LogP) is 0.302. The molecule has 2 aromatic carbocycles. The van der Waals surface area contributed by atoms with Gasteiger partial charge in [-0.2, -0.15) is 0 Å². The quantitative estimate of drug-likeness (QED) is 0.0462. The minimum Gasteiger partial charge on any atom is -0.403 e. The molecule has 1 aliphatic heterocycles. The zero-order chi connectivity index (χ0) is 44.6. The molecule has 61 heavy (non-hydrogen) atoms. The van der Waals surface area contributed by atoms with Gasteiger partial charge in [0.15, 0.2) is 6.17 Å². The number of carbonyl (C=O) groups is 5. The van der Waals surface area contributed by atoms with Gasteiger partial charge in [0.05, 0.1) is 17.8 Å². The molecule has 18 heteroatoms. The molecule has 3 aliphatic carbocycles. The summed E-state index contributed by atoms with van der Waals surface area (Å²) in [5.74, 6) is -3.14. The normalized spacial score (nSPS) is 24.1. The highest BCUT2D eigenvalue weighted by Gasteiger charge is 2.68. The van der Waals surface area contributed by atoms with E-state index in [4.69, 9.17) is 32.2 Å². The number of aryl methyl sites for hydroxylation is 1. The van der Waals surface area contributed by atoms with Crippen LogP contribution in [0.25, 0.3) is 11.1 Å². The van der Waals surface area contributed by atoms with Crippen LogP contribution in [0, 0.1) is 17.3 Å². The van der Waals surface area contributed by atoms with Crippen molar-refractivity contribution in [2.45, 2.75) is 134 Å².